The van der Waals surface area contributed by atoms with E-state index >= 15 is 0 Å². The molecule has 3 aromatic rings. The van der Waals surface area contributed by atoms with Crippen molar-refractivity contribution in [1.82, 2.24) is 14.5 Å². The predicted octanol–water partition coefficient (Wildman–Crippen LogP) is 4.02. The fourth-order valence-corrected chi connectivity index (χ4v) is 4.31. The minimum absolute atomic E-state index is 0.132. The summed E-state index contributed by atoms with van der Waals surface area (Å²) in [6.07, 6.45) is 9.12. The number of fused-ring (bicyclic) bond motifs is 1. The number of likely N-dealkylation sites (tertiary alicyclic amines) is 1. The third kappa shape index (κ3) is 2.96. The number of aryl methyl sites for hydroxylation is 1. The maximum absolute atomic E-state index is 13.1. The van der Waals surface area contributed by atoms with Gasteiger partial charge in [-0.3, -0.25) is 4.79 Å². The number of hydrogen-bond donors (Lipinski definition) is 0. The van der Waals surface area contributed by atoms with E-state index in [2.05, 4.69) is 27.5 Å². The van der Waals surface area contributed by atoms with Gasteiger partial charge in [-0.15, -0.1) is 11.3 Å². The molecule has 1 aliphatic heterocycles. The quantitative estimate of drug-likeness (QED) is 0.720. The van der Waals surface area contributed by atoms with E-state index in [1.54, 1.807) is 22.0 Å². The zero-order chi connectivity index (χ0) is 16.4. The maximum atomic E-state index is 13.1. The Kier molecular flexibility index (Phi) is 4.34. The van der Waals surface area contributed by atoms with Crippen LogP contribution in [-0.2, 0) is 6.42 Å². The van der Waals surface area contributed by atoms with Gasteiger partial charge in [0.2, 0.25) is 0 Å². The average Bonchev–Trinajstić information content (AvgIpc) is 3.29. The fourth-order valence-electron chi connectivity index (χ4n) is 3.59. The summed E-state index contributed by atoms with van der Waals surface area (Å²) in [4.78, 5) is 16.6. The van der Waals surface area contributed by atoms with Crippen LogP contribution >= 0.6 is 11.3 Å². The largest absolute Gasteiger partial charge is 0.336 e. The molecule has 124 valence electrons. The Morgan fingerprint density at radius 3 is 3.08 bits per heavy atom. The fraction of sp³-hybridized carbons (Fsp3) is 0.368. The minimum Gasteiger partial charge on any atom is -0.336 e. The lowest BCUT2D eigenvalue weighted by Gasteiger charge is -2.35. The molecular formula is C19H21N3OS. The Bertz CT molecular complexity index is 824. The summed E-state index contributed by atoms with van der Waals surface area (Å²) in [6.45, 7) is 0.859. The second kappa shape index (κ2) is 6.77. The van der Waals surface area contributed by atoms with Gasteiger partial charge in [0.05, 0.1) is 17.3 Å². The molecule has 0 spiro atoms. The van der Waals surface area contributed by atoms with Crippen molar-refractivity contribution >= 4 is 22.8 Å². The third-order valence-corrected chi connectivity index (χ3v) is 5.79. The van der Waals surface area contributed by atoms with E-state index in [1.165, 1.54) is 11.3 Å². The van der Waals surface area contributed by atoms with Crippen LogP contribution in [-0.4, -0.2) is 33.0 Å². The maximum Gasteiger partial charge on any atom is 0.257 e. The van der Waals surface area contributed by atoms with Crippen LogP contribution in [0.15, 0.2) is 48.1 Å². The number of piperidine rings is 1. The van der Waals surface area contributed by atoms with E-state index in [0.717, 1.165) is 43.3 Å². The van der Waals surface area contributed by atoms with Crippen molar-refractivity contribution < 1.29 is 4.79 Å². The van der Waals surface area contributed by atoms with Gasteiger partial charge in [0.15, 0.2) is 0 Å². The van der Waals surface area contributed by atoms with Crippen LogP contribution in [0, 0.1) is 0 Å². The SMILES string of the molecule is O=C(c1cnn2ccccc12)N1CCCC[C@@H]1CCc1cccs1. The lowest BCUT2D eigenvalue weighted by atomic mass is 9.96. The number of amides is 1. The molecule has 0 aliphatic carbocycles. The highest BCUT2D eigenvalue weighted by Crippen LogP contribution is 2.25. The van der Waals surface area contributed by atoms with Crippen molar-refractivity contribution in [2.24, 2.45) is 0 Å². The molecule has 1 saturated heterocycles. The number of carbonyl (C=O) groups is 1. The smallest absolute Gasteiger partial charge is 0.257 e. The Balaban J connectivity index is 1.54. The van der Waals surface area contributed by atoms with Crippen molar-refractivity contribution in [2.45, 2.75) is 38.1 Å². The van der Waals surface area contributed by atoms with Crippen LogP contribution in [0.2, 0.25) is 0 Å². The Morgan fingerprint density at radius 1 is 1.25 bits per heavy atom. The van der Waals surface area contributed by atoms with Gasteiger partial charge in [-0.2, -0.15) is 5.10 Å². The van der Waals surface area contributed by atoms with Gasteiger partial charge in [0.1, 0.15) is 0 Å². The molecule has 0 radical (unpaired) electrons. The highest BCUT2D eigenvalue weighted by molar-refractivity contribution is 7.09. The standard InChI is InChI=1S/C19H21N3OS/c23-19(17-14-20-22-12-4-2-8-18(17)22)21-11-3-1-6-15(21)9-10-16-7-5-13-24-16/h2,4-5,7-8,12-15H,1,3,6,9-11H2/t15-/m1/s1. The van der Waals surface area contributed by atoms with E-state index in [4.69, 9.17) is 0 Å². The zero-order valence-corrected chi connectivity index (χ0v) is 14.4. The molecule has 5 heteroatoms. The molecule has 0 saturated carbocycles. The van der Waals surface area contributed by atoms with Gasteiger partial charge in [-0.05, 0) is 55.7 Å². The van der Waals surface area contributed by atoms with Crippen LogP contribution in [0.3, 0.4) is 0 Å². The molecule has 4 nitrogen and oxygen atoms in total. The molecule has 0 unspecified atom stereocenters. The van der Waals surface area contributed by atoms with Gasteiger partial charge >= 0.3 is 0 Å². The third-order valence-electron chi connectivity index (χ3n) is 4.85. The lowest BCUT2D eigenvalue weighted by molar-refractivity contribution is 0.0604. The van der Waals surface area contributed by atoms with Crippen molar-refractivity contribution in [1.29, 1.82) is 0 Å². The molecule has 4 heterocycles. The summed E-state index contributed by atoms with van der Waals surface area (Å²) < 4.78 is 1.78. The Hall–Kier alpha value is -2.14. The minimum atomic E-state index is 0.132. The number of nitrogens with zero attached hydrogens (tertiary/aromatic N) is 3. The summed E-state index contributed by atoms with van der Waals surface area (Å²) in [5.74, 6) is 0.132. The van der Waals surface area contributed by atoms with E-state index < -0.39 is 0 Å². The van der Waals surface area contributed by atoms with Crippen molar-refractivity contribution in [3.05, 3.63) is 58.5 Å². The number of carbonyl (C=O) groups excluding carboxylic acids is 1. The molecule has 24 heavy (non-hydrogen) atoms. The van der Waals surface area contributed by atoms with Gasteiger partial charge in [0.25, 0.3) is 5.91 Å². The first-order valence-electron chi connectivity index (χ1n) is 8.58. The van der Waals surface area contributed by atoms with Crippen LogP contribution in [0.5, 0.6) is 0 Å². The van der Waals surface area contributed by atoms with Gasteiger partial charge in [-0.25, -0.2) is 4.52 Å². The van der Waals surface area contributed by atoms with E-state index in [0.29, 0.717) is 6.04 Å². The number of hydrogen-bond acceptors (Lipinski definition) is 3. The molecule has 0 aromatic carbocycles. The topological polar surface area (TPSA) is 37.6 Å². The first-order valence-corrected chi connectivity index (χ1v) is 9.46. The molecule has 0 N–H and O–H groups in total. The number of rotatable bonds is 4. The first kappa shape index (κ1) is 15.4. The summed E-state index contributed by atoms with van der Waals surface area (Å²) >= 11 is 1.80. The number of thiophene rings is 1. The van der Waals surface area contributed by atoms with Gasteiger partial charge in [0, 0.05) is 23.7 Å². The molecular weight excluding hydrogens is 318 g/mol. The van der Waals surface area contributed by atoms with E-state index in [-0.39, 0.29) is 5.91 Å². The molecule has 1 aliphatic rings. The zero-order valence-electron chi connectivity index (χ0n) is 13.6. The van der Waals surface area contributed by atoms with Crippen molar-refractivity contribution in [2.75, 3.05) is 6.54 Å². The Labute approximate surface area is 145 Å². The average molecular weight is 339 g/mol. The molecule has 1 fully saturated rings. The van der Waals surface area contributed by atoms with Crippen molar-refractivity contribution in [3.63, 3.8) is 0 Å². The molecule has 0 bridgehead atoms. The molecule has 1 atom stereocenters. The summed E-state index contributed by atoms with van der Waals surface area (Å²) in [7, 11) is 0. The summed E-state index contributed by atoms with van der Waals surface area (Å²) in [5, 5.41) is 6.44. The molecule has 4 rings (SSSR count). The number of aromatic nitrogens is 2. The molecule has 1 amide bonds. The van der Waals surface area contributed by atoms with Crippen LogP contribution in [0.1, 0.15) is 40.9 Å². The van der Waals surface area contributed by atoms with Crippen LogP contribution < -0.4 is 0 Å². The number of pyridine rings is 1. The van der Waals surface area contributed by atoms with Crippen LogP contribution in [0.25, 0.3) is 5.52 Å². The van der Waals surface area contributed by atoms with Gasteiger partial charge < -0.3 is 4.90 Å². The second-order valence-corrected chi connectivity index (χ2v) is 7.39. The van der Waals surface area contributed by atoms with Crippen molar-refractivity contribution in [3.8, 4) is 0 Å². The normalized spacial score (nSPS) is 18.2. The summed E-state index contributed by atoms with van der Waals surface area (Å²) in [6, 6.07) is 10.5. The lowest BCUT2D eigenvalue weighted by Crippen LogP contribution is -2.43. The van der Waals surface area contributed by atoms with Crippen LogP contribution in [0.4, 0.5) is 0 Å². The van der Waals surface area contributed by atoms with E-state index in [1.807, 2.05) is 24.4 Å². The van der Waals surface area contributed by atoms with E-state index in [9.17, 15) is 4.79 Å². The first-order chi connectivity index (χ1) is 11.8. The second-order valence-electron chi connectivity index (χ2n) is 6.35. The predicted molar refractivity (Wildman–Crippen MR) is 96.5 cm³/mol. The highest BCUT2D eigenvalue weighted by Gasteiger charge is 2.28. The molecule has 3 aromatic heterocycles. The monoisotopic (exact) mass is 339 g/mol. The highest BCUT2D eigenvalue weighted by atomic mass is 32.1. The van der Waals surface area contributed by atoms with Gasteiger partial charge in [-0.1, -0.05) is 12.1 Å². The summed E-state index contributed by atoms with van der Waals surface area (Å²) in [5.41, 5.74) is 1.61. The Morgan fingerprint density at radius 2 is 2.21 bits per heavy atom.